The largest absolute Gasteiger partial charge is 0.493 e. The van der Waals surface area contributed by atoms with E-state index in [0.29, 0.717) is 0 Å². The summed E-state index contributed by atoms with van der Waals surface area (Å²) in [6.45, 7) is 14.4. The van der Waals surface area contributed by atoms with Crippen LogP contribution in [-0.4, -0.2) is 18.4 Å². The molecule has 1 aliphatic carbocycles. The van der Waals surface area contributed by atoms with Crippen molar-refractivity contribution in [2.75, 3.05) is 9.71 Å². The summed E-state index contributed by atoms with van der Waals surface area (Å²) in [5, 5.41) is 0. The summed E-state index contributed by atoms with van der Waals surface area (Å²) in [5.74, 6) is 1.02. The number of unbranched alkanes of at least 4 members (excludes halogenated alkanes) is 1. The van der Waals surface area contributed by atoms with E-state index in [0.717, 1.165) is 12.2 Å². The zero-order valence-electron chi connectivity index (χ0n) is 34.5. The van der Waals surface area contributed by atoms with Crippen LogP contribution in [-0.2, 0) is 11.8 Å². The van der Waals surface area contributed by atoms with Crippen molar-refractivity contribution in [1.82, 2.24) is 0 Å². The average molecular weight is 745 g/mol. The average Bonchev–Trinajstić information content (AvgIpc) is 3.70. The van der Waals surface area contributed by atoms with Crippen LogP contribution in [0.25, 0.3) is 33.4 Å². The van der Waals surface area contributed by atoms with Gasteiger partial charge in [0.05, 0.1) is 6.04 Å². The molecule has 4 heterocycles. The predicted octanol–water partition coefficient (Wildman–Crippen LogP) is 12.8. The quantitative estimate of drug-likeness (QED) is 0.158. The second-order valence-corrected chi connectivity index (χ2v) is 18.3. The first-order chi connectivity index (χ1) is 27.7. The summed E-state index contributed by atoms with van der Waals surface area (Å²) >= 11 is 0. The molecule has 284 valence electrons. The Morgan fingerprint density at radius 3 is 2.30 bits per heavy atom. The Morgan fingerprint density at radius 1 is 0.719 bits per heavy atom. The van der Waals surface area contributed by atoms with Crippen molar-refractivity contribution in [2.24, 2.45) is 0 Å². The van der Waals surface area contributed by atoms with Gasteiger partial charge in [-0.05, 0) is 134 Å². The lowest BCUT2D eigenvalue weighted by Gasteiger charge is -2.56. The Balaban J connectivity index is 1.27. The number of rotatable bonds is 6. The van der Waals surface area contributed by atoms with E-state index in [1.807, 2.05) is 0 Å². The number of benzene rings is 6. The summed E-state index contributed by atoms with van der Waals surface area (Å²) in [7, 11) is 0. The van der Waals surface area contributed by atoms with Crippen LogP contribution in [0.1, 0.15) is 98.7 Å². The Bertz CT molecular complexity index is 2590. The molecule has 4 heteroatoms. The van der Waals surface area contributed by atoms with Crippen LogP contribution in [0.3, 0.4) is 0 Å². The van der Waals surface area contributed by atoms with Gasteiger partial charge in [0.2, 0.25) is 0 Å². The molecule has 6 aromatic rings. The highest BCUT2D eigenvalue weighted by atomic mass is 16.5. The molecule has 0 spiro atoms. The zero-order valence-corrected chi connectivity index (χ0v) is 34.5. The predicted molar refractivity (Wildman–Crippen MR) is 240 cm³/mol. The van der Waals surface area contributed by atoms with E-state index < -0.39 is 0 Å². The summed E-state index contributed by atoms with van der Waals surface area (Å²) in [5.41, 5.74) is 21.6. The molecule has 0 aromatic heterocycles. The van der Waals surface area contributed by atoms with Crippen LogP contribution in [0.5, 0.6) is 5.75 Å². The summed E-state index contributed by atoms with van der Waals surface area (Å²) in [6.07, 6.45) is 8.39. The maximum atomic E-state index is 7.45. The van der Waals surface area contributed by atoms with Gasteiger partial charge in [0, 0.05) is 44.7 Å². The molecule has 11 rings (SSSR count). The molecule has 4 aliphatic heterocycles. The number of para-hydroxylation sites is 2. The van der Waals surface area contributed by atoms with Gasteiger partial charge in [-0.25, -0.2) is 0 Å². The van der Waals surface area contributed by atoms with E-state index in [9.17, 15) is 0 Å². The maximum absolute atomic E-state index is 7.45. The smallest absolute Gasteiger partial charge is 0.340 e. The molecule has 57 heavy (non-hydrogen) atoms. The van der Waals surface area contributed by atoms with Gasteiger partial charge in [0.15, 0.2) is 0 Å². The van der Waals surface area contributed by atoms with E-state index in [1.165, 1.54) is 128 Å². The lowest BCUT2D eigenvalue weighted by molar-refractivity contribution is 0.195. The van der Waals surface area contributed by atoms with Crippen LogP contribution in [0, 0.1) is 20.8 Å². The van der Waals surface area contributed by atoms with Crippen molar-refractivity contribution in [3.05, 3.63) is 149 Å². The number of fused-ring (bicyclic) bond motifs is 9. The minimum atomic E-state index is -0.104. The topological polar surface area (TPSA) is 15.7 Å². The minimum Gasteiger partial charge on any atom is -0.493 e. The second kappa shape index (κ2) is 12.6. The monoisotopic (exact) mass is 744 g/mol. The van der Waals surface area contributed by atoms with Gasteiger partial charge in [-0.3, -0.25) is 0 Å². The molecule has 6 aromatic carbocycles. The molecule has 3 nitrogen and oxygen atoms in total. The van der Waals surface area contributed by atoms with Crippen molar-refractivity contribution in [3.63, 3.8) is 0 Å². The first-order valence-electron chi connectivity index (χ1n) is 21.6. The van der Waals surface area contributed by atoms with Crippen LogP contribution >= 0.6 is 0 Å². The van der Waals surface area contributed by atoms with Gasteiger partial charge in [-0.1, -0.05) is 124 Å². The van der Waals surface area contributed by atoms with Gasteiger partial charge in [0.25, 0.3) is 0 Å². The molecule has 0 N–H and O–H groups in total. The molecule has 0 amide bonds. The number of nitrogens with zero attached hydrogens (tertiary/aromatic N) is 2. The summed E-state index contributed by atoms with van der Waals surface area (Å²) < 4.78 is 7.45. The van der Waals surface area contributed by atoms with Crippen molar-refractivity contribution in [3.8, 4) is 39.1 Å². The van der Waals surface area contributed by atoms with Crippen LogP contribution in [0.4, 0.5) is 17.1 Å². The zero-order chi connectivity index (χ0) is 38.8. The molecule has 4 unspecified atom stereocenters. The molecule has 4 atom stereocenters. The molecular formula is C53H53BN2O. The van der Waals surface area contributed by atoms with Crippen LogP contribution < -0.4 is 19.9 Å². The molecular weight excluding hydrogens is 691 g/mol. The molecule has 1 fully saturated rings. The normalized spacial score (nSPS) is 23.4. The fourth-order valence-electron chi connectivity index (χ4n) is 12.4. The van der Waals surface area contributed by atoms with Crippen LogP contribution in [0.2, 0.25) is 0 Å². The minimum absolute atomic E-state index is 0.0151. The Kier molecular flexibility index (Phi) is 7.76. The third-order valence-electron chi connectivity index (χ3n) is 15.1. The lowest BCUT2D eigenvalue weighted by Crippen LogP contribution is -2.72. The molecule has 5 aliphatic rings. The highest BCUT2D eigenvalue weighted by molar-refractivity contribution is 6.83. The fourth-order valence-corrected chi connectivity index (χ4v) is 12.4. The van der Waals surface area contributed by atoms with Crippen molar-refractivity contribution in [1.29, 1.82) is 0 Å². The molecule has 0 saturated heterocycles. The Morgan fingerprint density at radius 2 is 1.49 bits per heavy atom. The standard InChI is InChI=1S/C53H53BN2O/c1-7-8-17-36-24-25-44(41(30-36)37-18-10-9-11-19-37)55-45-32-38(47-34(3)28-33(2)29-35(47)4)31-42-39-21-16-22-43-49(39)56(53(6)27-15-14-26-52(43,53)5)54(48(42)45)51-50(55)40-20-12-13-23-46(40)57-51/h9-13,16,18-25,28-32,50-51H,7-8,14-15,17,26-27H2,1-6H3. The van der Waals surface area contributed by atoms with Gasteiger partial charge in [-0.2, -0.15) is 0 Å². The number of hydrogen-bond acceptors (Lipinski definition) is 3. The third kappa shape index (κ3) is 4.79. The van der Waals surface area contributed by atoms with Gasteiger partial charge in [0.1, 0.15) is 11.8 Å². The van der Waals surface area contributed by atoms with E-state index in [1.54, 1.807) is 0 Å². The molecule has 0 bridgehead atoms. The van der Waals surface area contributed by atoms with E-state index in [2.05, 4.69) is 167 Å². The number of anilines is 3. The molecule has 0 radical (unpaired) electrons. The maximum Gasteiger partial charge on any atom is 0.340 e. The van der Waals surface area contributed by atoms with Crippen molar-refractivity contribution >= 4 is 29.4 Å². The SMILES string of the molecule is CCCCc1ccc(N2c3cc(-c4c(C)cc(C)cc4C)cc4c3B(C3Oc5ccccc5C32)N2c3c-4cccc3C3(C)CCCCC23C)c(-c2ccccc2)c1. The van der Waals surface area contributed by atoms with Crippen molar-refractivity contribution in [2.45, 2.75) is 109 Å². The Hall–Kier alpha value is -5.22. The third-order valence-corrected chi connectivity index (χ3v) is 15.1. The highest BCUT2D eigenvalue weighted by Crippen LogP contribution is 2.64. The first-order valence-corrected chi connectivity index (χ1v) is 21.6. The van der Waals surface area contributed by atoms with Gasteiger partial charge < -0.3 is 14.4 Å². The Labute approximate surface area is 339 Å². The molecule has 1 saturated carbocycles. The lowest BCUT2D eigenvalue weighted by atomic mass is 9.41. The van der Waals surface area contributed by atoms with Gasteiger partial charge >= 0.3 is 6.85 Å². The number of aryl methyl sites for hydroxylation is 4. The van der Waals surface area contributed by atoms with Crippen molar-refractivity contribution < 1.29 is 4.74 Å². The first kappa shape index (κ1) is 35.0. The van der Waals surface area contributed by atoms with E-state index in [4.69, 9.17) is 4.74 Å². The fraction of sp³-hybridized carbons (Fsp3) is 0.321. The van der Waals surface area contributed by atoms with Gasteiger partial charge in [-0.15, -0.1) is 0 Å². The second-order valence-electron chi connectivity index (χ2n) is 18.3. The van der Waals surface area contributed by atoms with E-state index >= 15 is 0 Å². The number of hydrogen-bond donors (Lipinski definition) is 0. The highest BCUT2D eigenvalue weighted by Gasteiger charge is 2.66. The van der Waals surface area contributed by atoms with E-state index in [-0.39, 0.29) is 29.8 Å². The van der Waals surface area contributed by atoms with Crippen LogP contribution in [0.15, 0.2) is 115 Å². The number of ether oxygens (including phenoxy) is 1. The summed E-state index contributed by atoms with van der Waals surface area (Å²) in [4.78, 5) is 5.66. The summed E-state index contributed by atoms with van der Waals surface area (Å²) in [6, 6.07) is 44.4.